The molecule has 2 rings (SSSR count). The number of fused-ring (bicyclic) bond motifs is 1. The highest BCUT2D eigenvalue weighted by molar-refractivity contribution is 7.71. The average Bonchev–Trinajstić information content (AvgIpc) is 2.70. The summed E-state index contributed by atoms with van der Waals surface area (Å²) in [5.41, 5.74) is 2.26. The van der Waals surface area contributed by atoms with Crippen LogP contribution in [0, 0.1) is 11.7 Å². The van der Waals surface area contributed by atoms with Gasteiger partial charge in [0.2, 0.25) is 0 Å². The van der Waals surface area contributed by atoms with Crippen LogP contribution < -0.4 is 0 Å². The van der Waals surface area contributed by atoms with Crippen molar-refractivity contribution in [3.05, 3.63) is 16.8 Å². The van der Waals surface area contributed by atoms with Crippen molar-refractivity contribution >= 4 is 31.0 Å². The zero-order valence-corrected chi connectivity index (χ0v) is 12.5. The van der Waals surface area contributed by atoms with Gasteiger partial charge in [0, 0.05) is 12.2 Å². The number of nitrogens with one attached hydrogen (secondary N) is 1. The second-order valence-corrected chi connectivity index (χ2v) is 6.44. The van der Waals surface area contributed by atoms with E-state index >= 15 is 0 Å². The molecule has 0 atom stereocenters. The first kappa shape index (κ1) is 15.3. The van der Waals surface area contributed by atoms with Gasteiger partial charge < -0.3 is 24.1 Å². The molecule has 110 valence electrons. The molecular formula is C10H15N4O4PS. The molecule has 0 aromatic carbocycles. The largest absolute Gasteiger partial charge is 0.379 e. The third-order valence-electron chi connectivity index (χ3n) is 2.67. The standard InChI is InChI=1S/C10H15N4O4PS/c1-7-8-9(13-10(20)12-7)14(6-11-8)2-3-18-4-5-19(15,16)17/h6H,2-5H2,1H3,(H,12,13,20)(H2,15,16,17). The van der Waals surface area contributed by atoms with Gasteiger partial charge in [0.15, 0.2) is 10.4 Å². The van der Waals surface area contributed by atoms with Crippen LogP contribution in [0.25, 0.3) is 11.2 Å². The van der Waals surface area contributed by atoms with Crippen LogP contribution >= 0.6 is 19.8 Å². The first-order valence-corrected chi connectivity index (χ1v) is 8.11. The van der Waals surface area contributed by atoms with Crippen molar-refractivity contribution in [1.29, 1.82) is 0 Å². The Bertz CT molecular complexity index is 707. The third kappa shape index (κ3) is 3.94. The van der Waals surface area contributed by atoms with Gasteiger partial charge in [-0.1, -0.05) is 0 Å². The number of aromatic amines is 1. The molecule has 10 heteroatoms. The Hall–Kier alpha value is -1.12. The summed E-state index contributed by atoms with van der Waals surface area (Å²) in [6.07, 6.45) is 1.36. The summed E-state index contributed by atoms with van der Waals surface area (Å²) in [6, 6.07) is 0. The van der Waals surface area contributed by atoms with Crippen molar-refractivity contribution in [3.8, 4) is 0 Å². The average molecular weight is 318 g/mol. The molecule has 0 aliphatic rings. The lowest BCUT2D eigenvalue weighted by molar-refractivity contribution is 0.137. The number of imidazole rings is 1. The minimum absolute atomic E-state index is 0.0173. The molecule has 0 amide bonds. The van der Waals surface area contributed by atoms with Crippen LogP contribution in [-0.2, 0) is 15.8 Å². The van der Waals surface area contributed by atoms with Gasteiger partial charge in [-0.05, 0) is 19.1 Å². The Balaban J connectivity index is 1.97. The Morgan fingerprint density at radius 1 is 1.50 bits per heavy atom. The molecule has 0 aliphatic carbocycles. The molecule has 0 saturated heterocycles. The highest BCUT2D eigenvalue weighted by Gasteiger charge is 2.12. The monoisotopic (exact) mass is 318 g/mol. The number of H-pyrrole nitrogens is 1. The normalized spacial score (nSPS) is 12.2. The second-order valence-electron chi connectivity index (χ2n) is 4.28. The molecule has 0 bridgehead atoms. The molecular weight excluding hydrogens is 303 g/mol. The minimum Gasteiger partial charge on any atom is -0.379 e. The quantitative estimate of drug-likeness (QED) is 0.413. The van der Waals surface area contributed by atoms with E-state index < -0.39 is 7.60 Å². The van der Waals surface area contributed by atoms with E-state index in [1.54, 1.807) is 10.9 Å². The van der Waals surface area contributed by atoms with E-state index in [9.17, 15) is 4.57 Å². The van der Waals surface area contributed by atoms with E-state index in [1.165, 1.54) is 0 Å². The molecule has 0 fully saturated rings. The Morgan fingerprint density at radius 3 is 2.95 bits per heavy atom. The molecule has 3 N–H and O–H groups in total. The number of nitrogens with zero attached hydrogens (tertiary/aromatic N) is 3. The van der Waals surface area contributed by atoms with Crippen molar-refractivity contribution < 1.29 is 19.1 Å². The molecule has 20 heavy (non-hydrogen) atoms. The van der Waals surface area contributed by atoms with Gasteiger partial charge in [0.1, 0.15) is 5.52 Å². The molecule has 0 saturated carbocycles. The fraction of sp³-hybridized carbons (Fsp3) is 0.500. The first-order valence-electron chi connectivity index (χ1n) is 5.91. The summed E-state index contributed by atoms with van der Waals surface area (Å²) in [5.74, 6) is 0. The van der Waals surface area contributed by atoms with Crippen molar-refractivity contribution in [2.24, 2.45) is 0 Å². The predicted molar refractivity (Wildman–Crippen MR) is 75.2 cm³/mol. The van der Waals surface area contributed by atoms with Crippen LogP contribution in [0.2, 0.25) is 0 Å². The summed E-state index contributed by atoms with van der Waals surface area (Å²) in [6.45, 7) is 2.69. The molecule has 2 heterocycles. The maximum atomic E-state index is 10.6. The van der Waals surface area contributed by atoms with Crippen LogP contribution in [0.1, 0.15) is 5.69 Å². The zero-order valence-electron chi connectivity index (χ0n) is 10.8. The fourth-order valence-corrected chi connectivity index (χ4v) is 2.32. The molecule has 2 aromatic heterocycles. The summed E-state index contributed by atoms with van der Waals surface area (Å²) in [5, 5.41) is 0. The van der Waals surface area contributed by atoms with Gasteiger partial charge in [-0.2, -0.15) is 0 Å². The fourth-order valence-electron chi connectivity index (χ4n) is 1.71. The Morgan fingerprint density at radius 2 is 2.25 bits per heavy atom. The van der Waals surface area contributed by atoms with E-state index in [0.717, 1.165) is 11.2 Å². The van der Waals surface area contributed by atoms with E-state index in [0.29, 0.717) is 23.6 Å². The van der Waals surface area contributed by atoms with Crippen molar-refractivity contribution in [1.82, 2.24) is 19.5 Å². The molecule has 0 aliphatic heterocycles. The maximum absolute atomic E-state index is 10.6. The number of rotatable bonds is 6. The van der Waals surface area contributed by atoms with E-state index in [4.69, 9.17) is 26.7 Å². The Kier molecular flexibility index (Phi) is 4.66. The highest BCUT2D eigenvalue weighted by Crippen LogP contribution is 2.33. The van der Waals surface area contributed by atoms with Crippen molar-refractivity contribution in [3.63, 3.8) is 0 Å². The third-order valence-corrected chi connectivity index (χ3v) is 3.63. The maximum Gasteiger partial charge on any atom is 0.327 e. The molecule has 2 aromatic rings. The number of ether oxygens (including phenoxy) is 1. The lowest BCUT2D eigenvalue weighted by Gasteiger charge is -2.06. The molecule has 8 nitrogen and oxygen atoms in total. The first-order chi connectivity index (χ1) is 9.37. The van der Waals surface area contributed by atoms with Crippen molar-refractivity contribution in [2.45, 2.75) is 13.5 Å². The van der Waals surface area contributed by atoms with Crippen LogP contribution in [0.5, 0.6) is 0 Å². The molecule has 0 unspecified atom stereocenters. The number of hydrogen-bond donors (Lipinski definition) is 3. The highest BCUT2D eigenvalue weighted by atomic mass is 32.1. The topological polar surface area (TPSA) is 113 Å². The summed E-state index contributed by atoms with van der Waals surface area (Å²) >= 11 is 5.02. The predicted octanol–water partition coefficient (Wildman–Crippen LogP) is 0.992. The van der Waals surface area contributed by atoms with E-state index in [1.807, 2.05) is 6.92 Å². The van der Waals surface area contributed by atoms with E-state index in [-0.39, 0.29) is 12.8 Å². The zero-order chi connectivity index (χ0) is 14.8. The van der Waals surface area contributed by atoms with Gasteiger partial charge in [0.25, 0.3) is 0 Å². The van der Waals surface area contributed by atoms with Gasteiger partial charge >= 0.3 is 7.60 Å². The van der Waals surface area contributed by atoms with E-state index in [2.05, 4.69) is 15.0 Å². The van der Waals surface area contributed by atoms with Gasteiger partial charge in [-0.3, -0.25) is 4.57 Å². The number of aryl methyl sites for hydroxylation is 1. The van der Waals surface area contributed by atoms with Crippen molar-refractivity contribution in [2.75, 3.05) is 19.4 Å². The number of hydrogen-bond acceptors (Lipinski definition) is 5. The van der Waals surface area contributed by atoms with Gasteiger partial charge in [0.05, 0.1) is 25.7 Å². The summed E-state index contributed by atoms with van der Waals surface area (Å²) in [4.78, 5) is 28.8. The van der Waals surface area contributed by atoms with Crippen LogP contribution in [-0.4, -0.2) is 48.7 Å². The van der Waals surface area contributed by atoms with Gasteiger partial charge in [-0.25, -0.2) is 9.97 Å². The van der Waals surface area contributed by atoms with Crippen LogP contribution in [0.4, 0.5) is 0 Å². The van der Waals surface area contributed by atoms with Gasteiger partial charge in [-0.15, -0.1) is 0 Å². The smallest absolute Gasteiger partial charge is 0.327 e. The lowest BCUT2D eigenvalue weighted by Crippen LogP contribution is -2.08. The second kappa shape index (κ2) is 6.11. The Labute approximate surface area is 120 Å². The molecule has 0 radical (unpaired) electrons. The summed E-state index contributed by atoms with van der Waals surface area (Å²) in [7, 11) is -3.99. The van der Waals surface area contributed by atoms with Crippen LogP contribution in [0.15, 0.2) is 6.33 Å². The SMILES string of the molecule is Cc1[nH]c(=S)nc2c1ncn2CCOCCP(=O)(O)O. The lowest BCUT2D eigenvalue weighted by atomic mass is 10.4. The minimum atomic E-state index is -3.99. The molecule has 0 spiro atoms. The van der Waals surface area contributed by atoms with Crippen LogP contribution in [0.3, 0.4) is 0 Å². The summed E-state index contributed by atoms with van der Waals surface area (Å²) < 4.78 is 18.0. The number of aromatic nitrogens is 4.